The van der Waals surface area contributed by atoms with Crippen molar-refractivity contribution < 1.29 is 18.9 Å². The van der Waals surface area contributed by atoms with Crippen molar-refractivity contribution in [3.05, 3.63) is 40.9 Å². The third-order valence-corrected chi connectivity index (χ3v) is 4.03. The first-order valence-corrected chi connectivity index (χ1v) is 8.35. The Kier molecular flexibility index (Phi) is 7.66. The van der Waals surface area contributed by atoms with Crippen LogP contribution in [0.2, 0.25) is 5.02 Å². The molecule has 3 N–H and O–H groups in total. The number of nitrogens with one attached hydrogen (secondary N) is 1. The number of anilines is 1. The van der Waals surface area contributed by atoms with Crippen LogP contribution >= 0.6 is 35.6 Å². The summed E-state index contributed by atoms with van der Waals surface area (Å²) in [6.45, 7) is 1.34. The van der Waals surface area contributed by atoms with Crippen LogP contribution < -0.4 is 30.0 Å². The number of methoxy groups -OCH3 is 2. The summed E-state index contributed by atoms with van der Waals surface area (Å²) in [5, 5.41) is 3.52. The Morgan fingerprint density at radius 3 is 2.63 bits per heavy atom. The van der Waals surface area contributed by atoms with E-state index < -0.39 is 0 Å². The zero-order valence-electron chi connectivity index (χ0n) is 15.0. The Hall–Kier alpha value is -2.07. The van der Waals surface area contributed by atoms with Crippen LogP contribution in [0.3, 0.4) is 0 Å². The molecule has 1 aliphatic rings. The number of nitrogens with two attached hydrogens (primary N) is 1. The molecule has 0 atom stereocenters. The molecule has 0 saturated carbocycles. The highest BCUT2D eigenvalue weighted by Gasteiger charge is 2.16. The third-order valence-electron chi connectivity index (χ3n) is 3.74. The maximum absolute atomic E-state index is 6.23. The molecular formula is C18H21ClIN3O4. The zero-order valence-corrected chi connectivity index (χ0v) is 18.0. The van der Waals surface area contributed by atoms with Gasteiger partial charge in [0.1, 0.15) is 13.2 Å². The van der Waals surface area contributed by atoms with Crippen molar-refractivity contribution in [1.82, 2.24) is 0 Å². The number of guanidine groups is 1. The molecule has 146 valence electrons. The lowest BCUT2D eigenvalue weighted by Crippen LogP contribution is -2.22. The predicted molar refractivity (Wildman–Crippen MR) is 116 cm³/mol. The van der Waals surface area contributed by atoms with Crippen molar-refractivity contribution in [2.24, 2.45) is 10.7 Å². The van der Waals surface area contributed by atoms with Gasteiger partial charge in [-0.1, -0.05) is 11.6 Å². The standard InChI is InChI=1S/C18H20ClN3O4.HI/c1-23-14-4-3-12(9-15(14)24-2)22-18(20)21-10-11-7-13(19)17-16(8-11)25-5-6-26-17;/h3-4,7-9H,5-6,10H2,1-2H3,(H3,20,21,22);1H. The van der Waals surface area contributed by atoms with Gasteiger partial charge in [-0.15, -0.1) is 24.0 Å². The molecule has 0 aromatic heterocycles. The van der Waals surface area contributed by atoms with Crippen LogP contribution in [0.25, 0.3) is 0 Å². The van der Waals surface area contributed by atoms with Crippen LogP contribution in [0.4, 0.5) is 5.69 Å². The van der Waals surface area contributed by atoms with Gasteiger partial charge in [0.15, 0.2) is 29.0 Å². The summed E-state index contributed by atoms with van der Waals surface area (Å²) in [6.07, 6.45) is 0. The average molecular weight is 506 g/mol. The number of hydrogen-bond donors (Lipinski definition) is 2. The quantitative estimate of drug-likeness (QED) is 0.366. The lowest BCUT2D eigenvalue weighted by Gasteiger charge is -2.20. The molecule has 9 heteroatoms. The van der Waals surface area contributed by atoms with Crippen molar-refractivity contribution >= 4 is 47.2 Å². The van der Waals surface area contributed by atoms with E-state index in [2.05, 4.69) is 10.3 Å². The summed E-state index contributed by atoms with van der Waals surface area (Å²) < 4.78 is 21.5. The number of hydrogen-bond acceptors (Lipinski definition) is 5. The van der Waals surface area contributed by atoms with Crippen molar-refractivity contribution in [3.8, 4) is 23.0 Å². The van der Waals surface area contributed by atoms with E-state index in [-0.39, 0.29) is 29.9 Å². The molecule has 1 heterocycles. The highest BCUT2D eigenvalue weighted by atomic mass is 127. The lowest BCUT2D eigenvalue weighted by atomic mass is 10.2. The van der Waals surface area contributed by atoms with Crippen LogP contribution in [0, 0.1) is 0 Å². The topological polar surface area (TPSA) is 87.3 Å². The minimum absolute atomic E-state index is 0. The molecule has 2 aromatic carbocycles. The Labute approximate surface area is 179 Å². The van der Waals surface area contributed by atoms with E-state index in [4.69, 9.17) is 36.3 Å². The normalized spacial score (nSPS) is 12.8. The fraction of sp³-hybridized carbons (Fsp3) is 0.278. The SMILES string of the molecule is COc1ccc(NC(N)=NCc2cc(Cl)c3c(c2)OCCO3)cc1OC.I. The van der Waals surface area contributed by atoms with Crippen molar-refractivity contribution in [3.63, 3.8) is 0 Å². The first-order valence-electron chi connectivity index (χ1n) is 7.97. The zero-order chi connectivity index (χ0) is 18.5. The molecule has 7 nitrogen and oxygen atoms in total. The molecule has 0 aliphatic carbocycles. The second kappa shape index (κ2) is 9.75. The van der Waals surface area contributed by atoms with Crippen LogP contribution in [-0.2, 0) is 6.54 Å². The fourth-order valence-corrected chi connectivity index (χ4v) is 2.82. The highest BCUT2D eigenvalue weighted by molar-refractivity contribution is 14.0. The monoisotopic (exact) mass is 505 g/mol. The minimum atomic E-state index is 0. The number of ether oxygens (including phenoxy) is 4. The van der Waals surface area contributed by atoms with Crippen molar-refractivity contribution in [1.29, 1.82) is 0 Å². The van der Waals surface area contributed by atoms with Crippen molar-refractivity contribution in [2.45, 2.75) is 6.54 Å². The van der Waals surface area contributed by atoms with E-state index in [1.54, 1.807) is 32.4 Å². The maximum atomic E-state index is 6.23. The Balaban J connectivity index is 0.00000261. The van der Waals surface area contributed by atoms with Crippen LogP contribution in [0.15, 0.2) is 35.3 Å². The molecule has 0 bridgehead atoms. The molecule has 0 spiro atoms. The van der Waals surface area contributed by atoms with E-state index in [1.165, 1.54) is 0 Å². The molecule has 0 fully saturated rings. The highest BCUT2D eigenvalue weighted by Crippen LogP contribution is 2.38. The van der Waals surface area contributed by atoms with E-state index >= 15 is 0 Å². The first-order chi connectivity index (χ1) is 12.6. The van der Waals surface area contributed by atoms with Gasteiger partial charge in [0.2, 0.25) is 0 Å². The smallest absolute Gasteiger partial charge is 0.193 e. The van der Waals surface area contributed by atoms with Gasteiger partial charge in [-0.05, 0) is 29.8 Å². The fourth-order valence-electron chi connectivity index (χ4n) is 2.53. The van der Waals surface area contributed by atoms with Crippen molar-refractivity contribution in [2.75, 3.05) is 32.8 Å². The number of benzene rings is 2. The molecular weight excluding hydrogens is 485 g/mol. The van der Waals surface area contributed by atoms with Gasteiger partial charge in [-0.2, -0.15) is 0 Å². The van der Waals surface area contributed by atoms with Gasteiger partial charge in [0.25, 0.3) is 0 Å². The first kappa shape index (κ1) is 21.2. The van der Waals surface area contributed by atoms with Gasteiger partial charge >= 0.3 is 0 Å². The predicted octanol–water partition coefficient (Wildman–Crippen LogP) is 3.67. The van der Waals surface area contributed by atoms with Gasteiger partial charge in [0.05, 0.1) is 25.8 Å². The second-order valence-corrected chi connectivity index (χ2v) is 5.91. The van der Waals surface area contributed by atoms with E-state index in [0.717, 1.165) is 11.3 Å². The lowest BCUT2D eigenvalue weighted by molar-refractivity contribution is 0.171. The summed E-state index contributed by atoms with van der Waals surface area (Å²) in [6, 6.07) is 9.04. The molecule has 0 radical (unpaired) electrons. The molecule has 0 saturated heterocycles. The van der Waals surface area contributed by atoms with E-state index in [9.17, 15) is 0 Å². The number of rotatable bonds is 5. The number of nitrogens with zero attached hydrogens (tertiary/aromatic N) is 1. The summed E-state index contributed by atoms with van der Waals surface area (Å²) in [5.74, 6) is 2.70. The minimum Gasteiger partial charge on any atom is -0.493 e. The molecule has 2 aromatic rings. The molecule has 3 rings (SSSR count). The summed E-state index contributed by atoms with van der Waals surface area (Å²) >= 11 is 6.23. The second-order valence-electron chi connectivity index (χ2n) is 5.50. The van der Waals surface area contributed by atoms with E-state index in [1.807, 2.05) is 12.1 Å². The Morgan fingerprint density at radius 2 is 1.89 bits per heavy atom. The number of halogens is 2. The molecule has 27 heavy (non-hydrogen) atoms. The Morgan fingerprint density at radius 1 is 1.15 bits per heavy atom. The Bertz CT molecular complexity index is 832. The summed E-state index contributed by atoms with van der Waals surface area (Å²) in [5.41, 5.74) is 7.58. The summed E-state index contributed by atoms with van der Waals surface area (Å²) in [4.78, 5) is 4.33. The van der Waals surface area contributed by atoms with Crippen LogP contribution in [0.1, 0.15) is 5.56 Å². The third kappa shape index (κ3) is 5.23. The van der Waals surface area contributed by atoms with Gasteiger partial charge in [-0.3, -0.25) is 0 Å². The van der Waals surface area contributed by atoms with Crippen LogP contribution in [0.5, 0.6) is 23.0 Å². The van der Waals surface area contributed by atoms with Crippen LogP contribution in [-0.4, -0.2) is 33.4 Å². The average Bonchev–Trinajstić information content (AvgIpc) is 2.66. The largest absolute Gasteiger partial charge is 0.493 e. The van der Waals surface area contributed by atoms with Gasteiger partial charge < -0.3 is 30.0 Å². The molecule has 1 aliphatic heterocycles. The summed E-state index contributed by atoms with van der Waals surface area (Å²) in [7, 11) is 3.16. The maximum Gasteiger partial charge on any atom is 0.193 e. The number of fused-ring (bicyclic) bond motifs is 1. The van der Waals surface area contributed by atoms with Gasteiger partial charge in [0, 0.05) is 11.8 Å². The molecule has 0 amide bonds. The molecule has 0 unspecified atom stereocenters. The van der Waals surface area contributed by atoms with E-state index in [0.29, 0.717) is 47.8 Å². The van der Waals surface area contributed by atoms with Gasteiger partial charge in [-0.25, -0.2) is 4.99 Å². The number of aliphatic imine (C=N–C) groups is 1.